The predicted octanol–water partition coefficient (Wildman–Crippen LogP) is 3.04. The lowest BCUT2D eigenvalue weighted by atomic mass is 10.0. The Bertz CT molecular complexity index is 1220. The second-order valence-electron chi connectivity index (χ2n) is 8.37. The fourth-order valence-electron chi connectivity index (χ4n) is 4.44. The van der Waals surface area contributed by atoms with E-state index in [9.17, 15) is 8.42 Å². The van der Waals surface area contributed by atoms with Crippen LogP contribution in [0, 0.1) is 5.92 Å². The van der Waals surface area contributed by atoms with Crippen LogP contribution in [0.1, 0.15) is 32.1 Å². The van der Waals surface area contributed by atoms with Gasteiger partial charge in [0, 0.05) is 37.8 Å². The fourth-order valence-corrected chi connectivity index (χ4v) is 5.98. The van der Waals surface area contributed by atoms with Gasteiger partial charge < -0.3 is 14.0 Å². The number of pyridine rings is 1. The van der Waals surface area contributed by atoms with Crippen molar-refractivity contribution in [2.45, 2.75) is 37.6 Å². The SMILES string of the molecule is CC(C)n1c(C[C@@H]2CCN(S(=O)(=O)c3ccc4c(c3)OCCO4)C2)nc2cccnc21. The van der Waals surface area contributed by atoms with Crippen molar-refractivity contribution in [1.82, 2.24) is 18.8 Å². The van der Waals surface area contributed by atoms with Crippen LogP contribution < -0.4 is 9.47 Å². The van der Waals surface area contributed by atoms with Gasteiger partial charge in [-0.25, -0.2) is 18.4 Å². The van der Waals surface area contributed by atoms with E-state index >= 15 is 0 Å². The molecule has 164 valence electrons. The van der Waals surface area contributed by atoms with Gasteiger partial charge in [-0.3, -0.25) is 0 Å². The van der Waals surface area contributed by atoms with Crippen LogP contribution in [-0.2, 0) is 16.4 Å². The number of benzene rings is 1. The third-order valence-corrected chi connectivity index (χ3v) is 7.77. The zero-order valence-corrected chi connectivity index (χ0v) is 18.5. The molecule has 8 nitrogen and oxygen atoms in total. The molecular formula is C22H26N4O4S. The Labute approximate surface area is 181 Å². The summed E-state index contributed by atoms with van der Waals surface area (Å²) in [6.45, 7) is 6.11. The molecule has 1 fully saturated rings. The number of ether oxygens (including phenoxy) is 2. The molecule has 4 heterocycles. The van der Waals surface area contributed by atoms with E-state index in [0.29, 0.717) is 37.8 Å². The van der Waals surface area contributed by atoms with Crippen molar-refractivity contribution in [1.29, 1.82) is 0 Å². The van der Waals surface area contributed by atoms with Gasteiger partial charge in [0.05, 0.1) is 4.90 Å². The minimum Gasteiger partial charge on any atom is -0.486 e. The first-order chi connectivity index (χ1) is 14.9. The van der Waals surface area contributed by atoms with Crippen LogP contribution in [0.4, 0.5) is 0 Å². The molecule has 1 saturated heterocycles. The van der Waals surface area contributed by atoms with Gasteiger partial charge in [0.1, 0.15) is 24.6 Å². The third kappa shape index (κ3) is 3.65. The van der Waals surface area contributed by atoms with Crippen LogP contribution in [0.3, 0.4) is 0 Å². The largest absolute Gasteiger partial charge is 0.486 e. The summed E-state index contributed by atoms with van der Waals surface area (Å²) in [7, 11) is -3.59. The fraction of sp³-hybridized carbons (Fsp3) is 0.455. The summed E-state index contributed by atoms with van der Waals surface area (Å²) in [4.78, 5) is 9.54. The molecule has 5 rings (SSSR count). The third-order valence-electron chi connectivity index (χ3n) is 5.91. The maximum Gasteiger partial charge on any atom is 0.243 e. The number of fused-ring (bicyclic) bond motifs is 2. The van der Waals surface area contributed by atoms with Crippen LogP contribution in [0.2, 0.25) is 0 Å². The Kier molecular flexibility index (Phi) is 5.10. The van der Waals surface area contributed by atoms with Crippen molar-refractivity contribution in [3.63, 3.8) is 0 Å². The zero-order chi connectivity index (χ0) is 21.6. The van der Waals surface area contributed by atoms with E-state index in [-0.39, 0.29) is 16.9 Å². The Morgan fingerprint density at radius 2 is 1.97 bits per heavy atom. The minimum atomic E-state index is -3.59. The van der Waals surface area contributed by atoms with Gasteiger partial charge in [-0.15, -0.1) is 0 Å². The second kappa shape index (κ2) is 7.80. The van der Waals surface area contributed by atoms with E-state index in [4.69, 9.17) is 14.5 Å². The molecule has 0 amide bonds. The maximum absolute atomic E-state index is 13.2. The van der Waals surface area contributed by atoms with E-state index in [1.807, 2.05) is 12.1 Å². The van der Waals surface area contributed by atoms with Crippen LogP contribution in [-0.4, -0.2) is 53.6 Å². The molecule has 3 aromatic rings. The molecule has 0 radical (unpaired) electrons. The second-order valence-corrected chi connectivity index (χ2v) is 10.3. The van der Waals surface area contributed by atoms with Crippen molar-refractivity contribution in [2.24, 2.45) is 5.92 Å². The number of rotatable bonds is 5. The molecule has 1 aromatic carbocycles. The lowest BCUT2D eigenvalue weighted by Crippen LogP contribution is -2.29. The van der Waals surface area contributed by atoms with Gasteiger partial charge in [0.15, 0.2) is 17.1 Å². The van der Waals surface area contributed by atoms with E-state index in [0.717, 1.165) is 29.8 Å². The standard InChI is InChI=1S/C22H26N4O4S/c1-15(2)26-21(24-18-4-3-8-23-22(18)26)12-16-7-9-25(14-16)31(27,28)17-5-6-19-20(13-17)30-11-10-29-19/h3-6,8,13,15-16H,7,9-12,14H2,1-2H3/t16-/m0/s1. The summed E-state index contributed by atoms with van der Waals surface area (Å²) < 4.78 is 41.3. The summed E-state index contributed by atoms with van der Waals surface area (Å²) >= 11 is 0. The maximum atomic E-state index is 13.2. The summed E-state index contributed by atoms with van der Waals surface area (Å²) in [5.74, 6) is 2.25. The topological polar surface area (TPSA) is 86.6 Å². The lowest BCUT2D eigenvalue weighted by molar-refractivity contribution is 0.171. The molecule has 9 heteroatoms. The summed E-state index contributed by atoms with van der Waals surface area (Å²) in [6, 6.07) is 8.93. The smallest absolute Gasteiger partial charge is 0.243 e. The molecule has 2 aromatic heterocycles. The molecule has 31 heavy (non-hydrogen) atoms. The van der Waals surface area contributed by atoms with Crippen molar-refractivity contribution in [3.05, 3.63) is 42.4 Å². The number of sulfonamides is 1. The van der Waals surface area contributed by atoms with E-state index < -0.39 is 10.0 Å². The lowest BCUT2D eigenvalue weighted by Gasteiger charge is -2.21. The molecule has 1 atom stereocenters. The van der Waals surface area contributed by atoms with Gasteiger partial charge in [-0.1, -0.05) is 0 Å². The first kappa shape index (κ1) is 20.3. The zero-order valence-electron chi connectivity index (χ0n) is 17.7. The molecule has 0 N–H and O–H groups in total. The van der Waals surface area contributed by atoms with E-state index in [1.54, 1.807) is 28.7 Å². The number of hydrogen-bond acceptors (Lipinski definition) is 6. The molecular weight excluding hydrogens is 416 g/mol. The van der Waals surface area contributed by atoms with Gasteiger partial charge in [0.25, 0.3) is 0 Å². The number of imidazole rings is 1. The molecule has 0 spiro atoms. The number of nitrogens with zero attached hydrogens (tertiary/aromatic N) is 4. The summed E-state index contributed by atoms with van der Waals surface area (Å²) in [6.07, 6.45) is 3.31. The predicted molar refractivity (Wildman–Crippen MR) is 116 cm³/mol. The average molecular weight is 443 g/mol. The average Bonchev–Trinajstić information content (AvgIpc) is 3.38. The first-order valence-corrected chi connectivity index (χ1v) is 12.1. The summed E-state index contributed by atoms with van der Waals surface area (Å²) in [5.41, 5.74) is 1.76. The molecule has 2 aliphatic heterocycles. The molecule has 0 unspecified atom stereocenters. The van der Waals surface area contributed by atoms with E-state index in [2.05, 4.69) is 23.4 Å². The van der Waals surface area contributed by atoms with Crippen LogP contribution in [0.15, 0.2) is 41.4 Å². The van der Waals surface area contributed by atoms with Crippen LogP contribution >= 0.6 is 0 Å². The Balaban J connectivity index is 1.36. The molecule has 0 aliphatic carbocycles. The Morgan fingerprint density at radius 3 is 2.77 bits per heavy atom. The highest BCUT2D eigenvalue weighted by molar-refractivity contribution is 7.89. The van der Waals surface area contributed by atoms with Crippen molar-refractivity contribution in [2.75, 3.05) is 26.3 Å². The van der Waals surface area contributed by atoms with Gasteiger partial charge in [0.2, 0.25) is 10.0 Å². The highest BCUT2D eigenvalue weighted by Crippen LogP contribution is 2.35. The van der Waals surface area contributed by atoms with Crippen LogP contribution in [0.25, 0.3) is 11.2 Å². The summed E-state index contributed by atoms with van der Waals surface area (Å²) in [5, 5.41) is 0. The Morgan fingerprint density at radius 1 is 1.16 bits per heavy atom. The highest BCUT2D eigenvalue weighted by Gasteiger charge is 2.34. The molecule has 0 saturated carbocycles. The quantitative estimate of drug-likeness (QED) is 0.604. The van der Waals surface area contributed by atoms with Crippen LogP contribution in [0.5, 0.6) is 11.5 Å². The van der Waals surface area contributed by atoms with Gasteiger partial charge in [-0.05, 0) is 50.5 Å². The monoisotopic (exact) mass is 442 g/mol. The van der Waals surface area contributed by atoms with Gasteiger partial charge >= 0.3 is 0 Å². The molecule has 2 aliphatic rings. The first-order valence-electron chi connectivity index (χ1n) is 10.6. The molecule has 0 bridgehead atoms. The van der Waals surface area contributed by atoms with Crippen molar-refractivity contribution in [3.8, 4) is 11.5 Å². The van der Waals surface area contributed by atoms with E-state index in [1.165, 1.54) is 0 Å². The highest BCUT2D eigenvalue weighted by atomic mass is 32.2. The Hall–Kier alpha value is -2.65. The number of hydrogen-bond donors (Lipinski definition) is 0. The normalized spacial score (nSPS) is 19.4. The van der Waals surface area contributed by atoms with Crippen molar-refractivity contribution < 1.29 is 17.9 Å². The van der Waals surface area contributed by atoms with Crippen molar-refractivity contribution >= 4 is 21.2 Å². The number of aromatic nitrogens is 3. The van der Waals surface area contributed by atoms with Gasteiger partial charge in [-0.2, -0.15) is 4.31 Å². The minimum absolute atomic E-state index is 0.210.